The maximum absolute atomic E-state index is 12.0. The van der Waals surface area contributed by atoms with Crippen molar-refractivity contribution >= 4 is 5.91 Å². The molecular weight excluding hydrogens is 414 g/mol. The molecule has 2 heterocycles. The summed E-state index contributed by atoms with van der Waals surface area (Å²) in [6.45, 7) is 29.0. The number of nitrogens with one attached hydrogen (secondary N) is 1. The highest BCUT2D eigenvalue weighted by Crippen LogP contribution is 2.43. The molecule has 33 heavy (non-hydrogen) atoms. The van der Waals surface area contributed by atoms with Gasteiger partial charge in [0, 0.05) is 12.0 Å². The summed E-state index contributed by atoms with van der Waals surface area (Å²) < 4.78 is 0. The van der Waals surface area contributed by atoms with Crippen LogP contribution in [-0.4, -0.2) is 54.6 Å². The molecule has 1 atom stereocenters. The zero-order chi connectivity index (χ0) is 26.4. The fourth-order valence-electron chi connectivity index (χ4n) is 5.08. The van der Waals surface area contributed by atoms with Gasteiger partial charge in [0.15, 0.2) is 0 Å². The van der Waals surface area contributed by atoms with Gasteiger partial charge in [0.1, 0.15) is 0 Å². The van der Waals surface area contributed by atoms with Crippen LogP contribution in [0.15, 0.2) is 11.6 Å². The summed E-state index contributed by atoms with van der Waals surface area (Å²) in [5.74, 6) is 0.0617. The van der Waals surface area contributed by atoms with Crippen LogP contribution in [0.2, 0.25) is 0 Å². The van der Waals surface area contributed by atoms with Gasteiger partial charge in [-0.3, -0.25) is 4.79 Å². The Morgan fingerprint density at radius 2 is 1.42 bits per heavy atom. The van der Waals surface area contributed by atoms with Crippen molar-refractivity contribution < 1.29 is 15.2 Å². The first-order valence-electron chi connectivity index (χ1n) is 12.3. The fourth-order valence-corrected chi connectivity index (χ4v) is 5.08. The van der Waals surface area contributed by atoms with E-state index < -0.39 is 5.54 Å². The van der Waals surface area contributed by atoms with Crippen LogP contribution in [0.1, 0.15) is 116 Å². The van der Waals surface area contributed by atoms with E-state index in [0.29, 0.717) is 6.42 Å². The van der Waals surface area contributed by atoms with Gasteiger partial charge in [0.2, 0.25) is 5.91 Å². The van der Waals surface area contributed by atoms with Crippen LogP contribution < -0.4 is 5.32 Å². The third-order valence-corrected chi connectivity index (χ3v) is 6.81. The van der Waals surface area contributed by atoms with Crippen molar-refractivity contribution in [2.75, 3.05) is 0 Å². The molecule has 194 valence electrons. The van der Waals surface area contributed by atoms with E-state index >= 15 is 0 Å². The van der Waals surface area contributed by atoms with E-state index in [-0.39, 0.29) is 39.4 Å². The van der Waals surface area contributed by atoms with E-state index in [2.05, 4.69) is 66.8 Å². The van der Waals surface area contributed by atoms with Gasteiger partial charge in [-0.15, -0.1) is 0 Å². The van der Waals surface area contributed by atoms with Crippen LogP contribution in [0.25, 0.3) is 0 Å². The molecule has 2 aliphatic heterocycles. The number of carbonyl (C=O) groups excluding carboxylic acids is 1. The summed E-state index contributed by atoms with van der Waals surface area (Å²) in [6, 6.07) is -0.0210. The Kier molecular flexibility index (Phi) is 8.43. The Morgan fingerprint density at radius 3 is 1.73 bits per heavy atom. The minimum Gasteiger partial charge on any atom is -0.351 e. The lowest BCUT2D eigenvalue weighted by molar-refractivity contribution is -0.194. The van der Waals surface area contributed by atoms with Crippen molar-refractivity contribution in [3.05, 3.63) is 11.6 Å². The maximum Gasteiger partial charge on any atom is 0.220 e. The van der Waals surface area contributed by atoms with Crippen molar-refractivity contribution in [2.24, 2.45) is 10.8 Å². The van der Waals surface area contributed by atoms with Crippen molar-refractivity contribution in [3.63, 3.8) is 0 Å². The third kappa shape index (κ3) is 7.51. The number of rotatable bonds is 3. The smallest absolute Gasteiger partial charge is 0.220 e. The van der Waals surface area contributed by atoms with Gasteiger partial charge >= 0.3 is 0 Å². The van der Waals surface area contributed by atoms with E-state index in [1.165, 1.54) is 15.7 Å². The monoisotopic (exact) mass is 467 g/mol. The Labute approximate surface area is 203 Å². The number of hydroxylamine groups is 4. The molecule has 3 N–H and O–H groups in total. The molecule has 2 aliphatic rings. The van der Waals surface area contributed by atoms with Gasteiger partial charge in [0.25, 0.3) is 0 Å². The second-order valence-electron chi connectivity index (χ2n) is 14.8. The van der Waals surface area contributed by atoms with Crippen LogP contribution >= 0.6 is 0 Å². The highest BCUT2D eigenvalue weighted by molar-refractivity contribution is 5.77. The average Bonchev–Trinajstić information content (AvgIpc) is 2.79. The Morgan fingerprint density at radius 1 is 0.939 bits per heavy atom. The van der Waals surface area contributed by atoms with E-state index in [1.54, 1.807) is 0 Å². The van der Waals surface area contributed by atoms with Gasteiger partial charge in [0.05, 0.1) is 22.7 Å². The summed E-state index contributed by atoms with van der Waals surface area (Å²) in [7, 11) is 0. The Balaban J connectivity index is 0.000000335. The van der Waals surface area contributed by atoms with Gasteiger partial charge < -0.3 is 15.7 Å². The quantitative estimate of drug-likeness (QED) is 0.433. The van der Waals surface area contributed by atoms with Crippen molar-refractivity contribution in [3.8, 4) is 0 Å². The van der Waals surface area contributed by atoms with Gasteiger partial charge in [-0.05, 0) is 84.6 Å². The Bertz CT molecular complexity index is 737. The second kappa shape index (κ2) is 9.25. The van der Waals surface area contributed by atoms with E-state index in [0.717, 1.165) is 12.8 Å². The third-order valence-electron chi connectivity index (χ3n) is 6.81. The first kappa shape index (κ1) is 30.1. The number of nitrogens with zero attached hydrogens (tertiary/aromatic N) is 2. The number of amides is 1. The minimum absolute atomic E-state index is 0.0126. The van der Waals surface area contributed by atoms with Gasteiger partial charge in [-0.1, -0.05) is 47.6 Å². The largest absolute Gasteiger partial charge is 0.351 e. The molecule has 0 saturated carbocycles. The zero-order valence-electron chi connectivity index (χ0n) is 24.0. The topological polar surface area (TPSA) is 76.0 Å². The summed E-state index contributed by atoms with van der Waals surface area (Å²) >= 11 is 0. The van der Waals surface area contributed by atoms with Gasteiger partial charge in [-0.2, -0.15) is 10.1 Å². The fraction of sp³-hybridized carbons (Fsp3) is 0.889. The maximum atomic E-state index is 12.0. The molecule has 1 fully saturated rings. The molecule has 0 bridgehead atoms. The molecule has 2 rings (SSSR count). The first-order valence-corrected chi connectivity index (χ1v) is 12.3. The molecule has 0 spiro atoms. The van der Waals surface area contributed by atoms with Crippen LogP contribution in [0.5, 0.6) is 0 Å². The molecule has 1 saturated heterocycles. The number of carbonyl (C=O) groups is 1. The lowest BCUT2D eigenvalue weighted by Crippen LogP contribution is -2.53. The van der Waals surface area contributed by atoms with E-state index in [1.807, 2.05) is 41.5 Å². The van der Waals surface area contributed by atoms with Crippen LogP contribution in [0.3, 0.4) is 0 Å². The highest BCUT2D eigenvalue weighted by Gasteiger charge is 2.52. The van der Waals surface area contributed by atoms with Crippen LogP contribution in [-0.2, 0) is 4.79 Å². The highest BCUT2D eigenvalue weighted by atomic mass is 16.5. The van der Waals surface area contributed by atoms with Crippen molar-refractivity contribution in [1.29, 1.82) is 0 Å². The lowest BCUT2D eigenvalue weighted by atomic mass is 9.81. The predicted octanol–water partition coefficient (Wildman–Crippen LogP) is 6.17. The summed E-state index contributed by atoms with van der Waals surface area (Å²) in [5.41, 5.74) is 0.370. The molecule has 0 aromatic rings. The molecule has 0 radical (unpaired) electrons. The van der Waals surface area contributed by atoms with Crippen molar-refractivity contribution in [2.45, 2.75) is 144 Å². The SMILES string of the molecule is CC(C)(C)CC(=O)NC1CC(C)(C)N(O)C1(C)C.CC(C)(C)CC1=CC(C)(C)N(O)C1(C)C. The van der Waals surface area contributed by atoms with E-state index in [9.17, 15) is 15.2 Å². The summed E-state index contributed by atoms with van der Waals surface area (Å²) in [4.78, 5) is 12.0. The normalized spacial score (nSPS) is 26.4. The molecule has 1 amide bonds. The second-order valence-corrected chi connectivity index (χ2v) is 14.8. The van der Waals surface area contributed by atoms with Crippen LogP contribution in [0, 0.1) is 10.8 Å². The predicted molar refractivity (Wildman–Crippen MR) is 136 cm³/mol. The van der Waals surface area contributed by atoms with Crippen molar-refractivity contribution in [1.82, 2.24) is 15.4 Å². The molecule has 6 nitrogen and oxygen atoms in total. The lowest BCUT2D eigenvalue weighted by Gasteiger charge is -2.37. The van der Waals surface area contributed by atoms with E-state index in [4.69, 9.17) is 0 Å². The zero-order valence-corrected chi connectivity index (χ0v) is 24.0. The van der Waals surface area contributed by atoms with Gasteiger partial charge in [-0.25, -0.2) is 0 Å². The molecule has 0 aromatic heterocycles. The molecule has 6 heteroatoms. The standard InChI is InChI=1S/C14H28N2O2.C13H25NO/c1-12(2,3)9-11(17)15-10-8-13(4,5)16(18)14(10,6)7;1-11(2,3)8-10-9-12(4,5)14(15)13(10,6)7/h10,18H,8-9H2,1-7H3,(H,15,17);9,15H,8H2,1-7H3. The molecular formula is C27H53N3O3. The number of hydrogen-bond donors (Lipinski definition) is 3. The summed E-state index contributed by atoms with van der Waals surface area (Å²) in [6.07, 6.45) is 4.50. The molecule has 0 aromatic carbocycles. The van der Waals surface area contributed by atoms with Crippen LogP contribution in [0.4, 0.5) is 0 Å². The number of hydrogen-bond acceptors (Lipinski definition) is 5. The summed E-state index contributed by atoms with van der Waals surface area (Å²) in [5, 5.41) is 26.2. The molecule has 0 aliphatic carbocycles. The Hall–Kier alpha value is -0.950. The first-order chi connectivity index (χ1) is 14.3. The minimum atomic E-state index is -0.433. The average molecular weight is 468 g/mol. The molecule has 1 unspecified atom stereocenters.